The van der Waals surface area contributed by atoms with Gasteiger partial charge in [-0.15, -0.1) is 0 Å². The quantitative estimate of drug-likeness (QED) is 0.597. The lowest BCUT2D eigenvalue weighted by Gasteiger charge is -2.22. The van der Waals surface area contributed by atoms with Crippen molar-refractivity contribution in [1.82, 2.24) is 5.32 Å². The fraction of sp³-hybridized carbons (Fsp3) is 0.250. The van der Waals surface area contributed by atoms with Crippen molar-refractivity contribution >= 4 is 50.7 Å². The van der Waals surface area contributed by atoms with Gasteiger partial charge in [0.25, 0.3) is 0 Å². The molecule has 0 aliphatic rings. The van der Waals surface area contributed by atoms with Crippen LogP contribution in [0, 0.1) is 0 Å². The van der Waals surface area contributed by atoms with Gasteiger partial charge < -0.3 is 5.32 Å². The van der Waals surface area contributed by atoms with Gasteiger partial charge in [0.15, 0.2) is 0 Å². The van der Waals surface area contributed by atoms with Crippen molar-refractivity contribution in [2.75, 3.05) is 6.54 Å². The van der Waals surface area contributed by atoms with Crippen LogP contribution in [0.5, 0.6) is 0 Å². The van der Waals surface area contributed by atoms with Crippen LogP contribution in [0.25, 0.3) is 0 Å². The number of benzene rings is 2. The summed E-state index contributed by atoms with van der Waals surface area (Å²) in [4.78, 5) is 0. The average Bonchev–Trinajstić information content (AvgIpc) is 2.47. The fourth-order valence-corrected chi connectivity index (χ4v) is 3.23. The fourth-order valence-electron chi connectivity index (χ4n) is 2.16. The minimum absolute atomic E-state index is 0.0655. The third kappa shape index (κ3) is 4.14. The van der Waals surface area contributed by atoms with Crippen molar-refractivity contribution in [3.8, 4) is 0 Å². The highest BCUT2D eigenvalue weighted by atomic mass is 79.9. The Hall–Kier alpha value is -0.250. The van der Waals surface area contributed by atoms with Crippen molar-refractivity contribution in [3.63, 3.8) is 0 Å². The van der Waals surface area contributed by atoms with Crippen LogP contribution in [0.2, 0.25) is 15.1 Å². The van der Waals surface area contributed by atoms with Crippen molar-refractivity contribution in [3.05, 3.63) is 67.1 Å². The van der Waals surface area contributed by atoms with E-state index in [1.54, 1.807) is 6.07 Å². The Morgan fingerprint density at radius 3 is 2.57 bits per heavy atom. The SMILES string of the molecule is CCCNC(c1cc(Cl)ccc1Br)c1cccc(Cl)c1Cl. The van der Waals surface area contributed by atoms with E-state index in [9.17, 15) is 0 Å². The zero-order chi connectivity index (χ0) is 15.4. The lowest BCUT2D eigenvalue weighted by atomic mass is 9.98. The van der Waals surface area contributed by atoms with Crippen molar-refractivity contribution in [2.45, 2.75) is 19.4 Å². The molecule has 1 nitrogen and oxygen atoms in total. The standard InChI is InChI=1S/C16H15BrCl3N/c1-2-8-21-16(11-4-3-5-14(19)15(11)20)12-9-10(18)6-7-13(12)17/h3-7,9,16,21H,2,8H2,1H3. The molecular formula is C16H15BrCl3N. The van der Waals surface area contributed by atoms with Gasteiger partial charge in [-0.05, 0) is 48.4 Å². The van der Waals surface area contributed by atoms with Gasteiger partial charge in [-0.25, -0.2) is 0 Å². The highest BCUT2D eigenvalue weighted by molar-refractivity contribution is 9.10. The maximum Gasteiger partial charge on any atom is 0.0643 e. The van der Waals surface area contributed by atoms with Crippen molar-refractivity contribution in [2.24, 2.45) is 0 Å². The Balaban J connectivity index is 2.52. The van der Waals surface area contributed by atoms with Gasteiger partial charge in [0.1, 0.15) is 0 Å². The van der Waals surface area contributed by atoms with E-state index < -0.39 is 0 Å². The van der Waals surface area contributed by atoms with Crippen LogP contribution in [0.4, 0.5) is 0 Å². The zero-order valence-electron chi connectivity index (χ0n) is 11.5. The summed E-state index contributed by atoms with van der Waals surface area (Å²) in [6.07, 6.45) is 1.02. The Bertz CT molecular complexity index is 629. The second kappa shape index (κ2) is 7.85. The summed E-state index contributed by atoms with van der Waals surface area (Å²) in [5.74, 6) is 0. The predicted molar refractivity (Wildman–Crippen MR) is 95.8 cm³/mol. The number of rotatable bonds is 5. The molecule has 0 aromatic heterocycles. The van der Waals surface area contributed by atoms with E-state index in [0.717, 1.165) is 28.6 Å². The molecular weight excluding hydrogens is 392 g/mol. The number of halogens is 4. The van der Waals surface area contributed by atoms with E-state index in [0.29, 0.717) is 15.1 Å². The molecule has 1 atom stereocenters. The Morgan fingerprint density at radius 2 is 1.86 bits per heavy atom. The molecule has 0 aliphatic carbocycles. The van der Waals surface area contributed by atoms with Gasteiger partial charge in [-0.1, -0.05) is 69.8 Å². The first-order chi connectivity index (χ1) is 10.0. The maximum atomic E-state index is 6.39. The van der Waals surface area contributed by atoms with Crippen molar-refractivity contribution < 1.29 is 0 Å². The normalized spacial score (nSPS) is 12.4. The highest BCUT2D eigenvalue weighted by Gasteiger charge is 2.20. The summed E-state index contributed by atoms with van der Waals surface area (Å²) in [6.45, 7) is 2.99. The first-order valence-corrected chi connectivity index (χ1v) is 8.59. The van der Waals surface area contributed by atoms with E-state index in [1.165, 1.54) is 0 Å². The molecule has 0 bridgehead atoms. The summed E-state index contributed by atoms with van der Waals surface area (Å²) in [6, 6.07) is 11.3. The molecule has 0 saturated heterocycles. The molecule has 5 heteroatoms. The van der Waals surface area contributed by atoms with E-state index in [1.807, 2.05) is 30.3 Å². The van der Waals surface area contributed by atoms with E-state index in [-0.39, 0.29) is 6.04 Å². The Kier molecular flexibility index (Phi) is 6.39. The third-order valence-corrected chi connectivity index (χ3v) is 4.95. The summed E-state index contributed by atoms with van der Waals surface area (Å²) < 4.78 is 0.983. The monoisotopic (exact) mass is 405 g/mol. The van der Waals surface area contributed by atoms with Crippen LogP contribution in [-0.2, 0) is 0 Å². The van der Waals surface area contributed by atoms with Crippen LogP contribution in [-0.4, -0.2) is 6.54 Å². The maximum absolute atomic E-state index is 6.39. The molecule has 0 radical (unpaired) electrons. The predicted octanol–water partition coefficient (Wildman–Crippen LogP) is 6.50. The first-order valence-electron chi connectivity index (χ1n) is 6.66. The number of nitrogens with one attached hydrogen (secondary N) is 1. The lowest BCUT2D eigenvalue weighted by molar-refractivity contribution is 0.597. The smallest absolute Gasteiger partial charge is 0.0643 e. The van der Waals surface area contributed by atoms with E-state index in [4.69, 9.17) is 34.8 Å². The molecule has 112 valence electrons. The van der Waals surface area contributed by atoms with E-state index >= 15 is 0 Å². The molecule has 1 N–H and O–H groups in total. The second-order valence-electron chi connectivity index (χ2n) is 4.70. The second-order valence-corrected chi connectivity index (χ2v) is 6.77. The first kappa shape index (κ1) is 17.1. The zero-order valence-corrected chi connectivity index (χ0v) is 15.3. The summed E-state index contributed by atoms with van der Waals surface area (Å²) in [5, 5.41) is 5.32. The molecule has 0 saturated carbocycles. The van der Waals surface area contributed by atoms with Crippen LogP contribution in [0.3, 0.4) is 0 Å². The molecule has 0 fully saturated rings. The van der Waals surface area contributed by atoms with Gasteiger partial charge in [-0.2, -0.15) is 0 Å². The van der Waals surface area contributed by atoms with Gasteiger partial charge in [0, 0.05) is 9.50 Å². The topological polar surface area (TPSA) is 12.0 Å². The molecule has 2 aromatic carbocycles. The summed E-state index contributed by atoms with van der Waals surface area (Å²) in [5.41, 5.74) is 1.99. The molecule has 2 rings (SSSR count). The molecule has 2 aromatic rings. The van der Waals surface area contributed by atoms with Crippen LogP contribution in [0.15, 0.2) is 40.9 Å². The highest BCUT2D eigenvalue weighted by Crippen LogP contribution is 2.36. The number of hydrogen-bond acceptors (Lipinski definition) is 1. The minimum Gasteiger partial charge on any atom is -0.306 e. The molecule has 0 amide bonds. The van der Waals surface area contributed by atoms with Crippen LogP contribution >= 0.6 is 50.7 Å². The Morgan fingerprint density at radius 1 is 1.10 bits per heavy atom. The van der Waals surface area contributed by atoms with Crippen molar-refractivity contribution in [1.29, 1.82) is 0 Å². The lowest BCUT2D eigenvalue weighted by Crippen LogP contribution is -2.24. The molecule has 0 heterocycles. The minimum atomic E-state index is -0.0655. The van der Waals surface area contributed by atoms with Gasteiger partial charge in [0.2, 0.25) is 0 Å². The van der Waals surface area contributed by atoms with Gasteiger partial charge >= 0.3 is 0 Å². The average molecular weight is 408 g/mol. The number of hydrogen-bond donors (Lipinski definition) is 1. The summed E-state index contributed by atoms with van der Waals surface area (Å²) in [7, 11) is 0. The van der Waals surface area contributed by atoms with Gasteiger partial charge in [-0.3, -0.25) is 0 Å². The molecule has 21 heavy (non-hydrogen) atoms. The molecule has 1 unspecified atom stereocenters. The van der Waals surface area contributed by atoms with Crippen LogP contribution < -0.4 is 5.32 Å². The summed E-state index contributed by atoms with van der Waals surface area (Å²) >= 11 is 22.3. The largest absolute Gasteiger partial charge is 0.306 e. The molecule has 0 aliphatic heterocycles. The third-order valence-electron chi connectivity index (χ3n) is 3.16. The van der Waals surface area contributed by atoms with Crippen LogP contribution in [0.1, 0.15) is 30.5 Å². The molecule has 0 spiro atoms. The van der Waals surface area contributed by atoms with Gasteiger partial charge in [0.05, 0.1) is 16.1 Å². The van der Waals surface area contributed by atoms with E-state index in [2.05, 4.69) is 28.2 Å². The Labute approximate surface area is 148 Å².